The predicted molar refractivity (Wildman–Crippen MR) is 95.6 cm³/mol. The summed E-state index contributed by atoms with van der Waals surface area (Å²) in [6, 6.07) is 3.77. The number of hydrogen-bond donors (Lipinski definition) is 0. The minimum atomic E-state index is -0.158. The number of ether oxygens (including phenoxy) is 2. The number of thiophene rings is 1. The third kappa shape index (κ3) is 4.80. The molecule has 1 aromatic rings. The second-order valence-corrected chi connectivity index (χ2v) is 7.62. The molecule has 2 aliphatic heterocycles. The van der Waals surface area contributed by atoms with Crippen LogP contribution in [0.2, 0.25) is 0 Å². The Kier molecular flexibility index (Phi) is 6.45. The normalized spacial score (nSPS) is 22.2. The number of amides is 2. The van der Waals surface area contributed by atoms with Gasteiger partial charge in [0.25, 0.3) is 0 Å². The lowest BCUT2D eigenvalue weighted by Crippen LogP contribution is -2.52. The van der Waals surface area contributed by atoms with Crippen molar-refractivity contribution >= 4 is 23.2 Å². The lowest BCUT2D eigenvalue weighted by atomic mass is 10.1. The summed E-state index contributed by atoms with van der Waals surface area (Å²) >= 11 is 1.59. The fraction of sp³-hybridized carbons (Fsp3) is 0.667. The molecule has 0 saturated carbocycles. The first kappa shape index (κ1) is 18.4. The van der Waals surface area contributed by atoms with Gasteiger partial charge in [-0.25, -0.2) is 0 Å². The van der Waals surface area contributed by atoms with Crippen LogP contribution in [0.1, 0.15) is 24.1 Å². The molecule has 2 amide bonds. The third-order valence-electron chi connectivity index (χ3n) is 4.99. The van der Waals surface area contributed by atoms with E-state index in [1.807, 2.05) is 27.3 Å². The van der Waals surface area contributed by atoms with Gasteiger partial charge in [-0.1, -0.05) is 6.07 Å². The largest absolute Gasteiger partial charge is 0.381 e. The molecule has 25 heavy (non-hydrogen) atoms. The van der Waals surface area contributed by atoms with Crippen LogP contribution in [0.3, 0.4) is 0 Å². The number of carbonyl (C=O) groups excluding carboxylic acids is 2. The minimum Gasteiger partial charge on any atom is -0.381 e. The van der Waals surface area contributed by atoms with E-state index in [1.165, 1.54) is 0 Å². The molecule has 2 aliphatic rings. The Labute approximate surface area is 152 Å². The van der Waals surface area contributed by atoms with Crippen molar-refractivity contribution in [1.82, 2.24) is 9.80 Å². The smallest absolute Gasteiger partial charge is 0.228 e. The van der Waals surface area contributed by atoms with Gasteiger partial charge in [-0.05, 0) is 24.3 Å². The first-order valence-electron chi connectivity index (χ1n) is 8.87. The summed E-state index contributed by atoms with van der Waals surface area (Å²) in [6.07, 6.45) is 2.76. The second kappa shape index (κ2) is 8.78. The quantitative estimate of drug-likeness (QED) is 0.793. The van der Waals surface area contributed by atoms with Crippen LogP contribution in [0.4, 0.5) is 0 Å². The molecule has 0 unspecified atom stereocenters. The molecule has 1 atom stereocenters. The predicted octanol–water partition coefficient (Wildman–Crippen LogP) is 1.55. The SMILES string of the molecule is COC1CCN(C(=O)C[C@@H]2COCCN2C(=O)Cc2cccs2)CC1. The van der Waals surface area contributed by atoms with Crippen molar-refractivity contribution in [3.8, 4) is 0 Å². The molecule has 0 bridgehead atoms. The van der Waals surface area contributed by atoms with E-state index < -0.39 is 0 Å². The van der Waals surface area contributed by atoms with E-state index >= 15 is 0 Å². The number of nitrogens with zero attached hydrogens (tertiary/aromatic N) is 2. The van der Waals surface area contributed by atoms with Gasteiger partial charge < -0.3 is 19.3 Å². The van der Waals surface area contributed by atoms with Gasteiger partial charge in [0.05, 0.1) is 31.8 Å². The molecular weight excluding hydrogens is 340 g/mol. The van der Waals surface area contributed by atoms with Crippen LogP contribution in [0, 0.1) is 0 Å². The minimum absolute atomic E-state index is 0.0849. The summed E-state index contributed by atoms with van der Waals surface area (Å²) in [5.41, 5.74) is 0. The average molecular weight is 366 g/mol. The molecule has 7 heteroatoms. The van der Waals surface area contributed by atoms with Crippen LogP contribution in [0.25, 0.3) is 0 Å². The summed E-state index contributed by atoms with van der Waals surface area (Å²) in [4.78, 5) is 30.1. The molecule has 0 N–H and O–H groups in total. The summed E-state index contributed by atoms with van der Waals surface area (Å²) in [6.45, 7) is 3.01. The molecule has 0 aromatic carbocycles. The van der Waals surface area contributed by atoms with E-state index in [-0.39, 0.29) is 24.0 Å². The Morgan fingerprint density at radius 1 is 1.28 bits per heavy atom. The average Bonchev–Trinajstić information content (AvgIpc) is 3.15. The first-order valence-corrected chi connectivity index (χ1v) is 9.75. The van der Waals surface area contributed by atoms with Crippen LogP contribution in [-0.4, -0.2) is 73.7 Å². The van der Waals surface area contributed by atoms with E-state index in [0.29, 0.717) is 32.6 Å². The Morgan fingerprint density at radius 3 is 2.76 bits per heavy atom. The van der Waals surface area contributed by atoms with Crippen LogP contribution in [0.15, 0.2) is 17.5 Å². The second-order valence-electron chi connectivity index (χ2n) is 6.59. The molecule has 0 radical (unpaired) electrons. The van der Waals surface area contributed by atoms with E-state index in [9.17, 15) is 9.59 Å². The fourth-order valence-corrected chi connectivity index (χ4v) is 4.18. The lowest BCUT2D eigenvalue weighted by Gasteiger charge is -2.37. The van der Waals surface area contributed by atoms with Gasteiger partial charge in [0.2, 0.25) is 11.8 Å². The molecule has 0 aliphatic carbocycles. The van der Waals surface area contributed by atoms with E-state index in [0.717, 1.165) is 30.8 Å². The van der Waals surface area contributed by atoms with Crippen molar-refractivity contribution in [2.45, 2.75) is 37.8 Å². The van der Waals surface area contributed by atoms with Gasteiger partial charge >= 0.3 is 0 Å². The van der Waals surface area contributed by atoms with Gasteiger partial charge in [0.15, 0.2) is 0 Å². The summed E-state index contributed by atoms with van der Waals surface area (Å²) in [5, 5.41) is 1.98. The highest BCUT2D eigenvalue weighted by molar-refractivity contribution is 7.10. The van der Waals surface area contributed by atoms with Crippen LogP contribution < -0.4 is 0 Å². The maximum absolute atomic E-state index is 12.7. The van der Waals surface area contributed by atoms with E-state index in [2.05, 4.69) is 0 Å². The van der Waals surface area contributed by atoms with Crippen molar-refractivity contribution in [3.63, 3.8) is 0 Å². The van der Waals surface area contributed by atoms with Gasteiger partial charge in [0.1, 0.15) is 0 Å². The molecule has 138 valence electrons. The zero-order chi connectivity index (χ0) is 17.6. The van der Waals surface area contributed by atoms with Crippen LogP contribution in [-0.2, 0) is 25.5 Å². The van der Waals surface area contributed by atoms with Crippen molar-refractivity contribution in [1.29, 1.82) is 0 Å². The summed E-state index contributed by atoms with van der Waals surface area (Å²) in [5.74, 6) is 0.195. The molecule has 2 saturated heterocycles. The number of morpholine rings is 1. The van der Waals surface area contributed by atoms with Gasteiger partial charge in [-0.15, -0.1) is 11.3 Å². The monoisotopic (exact) mass is 366 g/mol. The first-order chi connectivity index (χ1) is 12.2. The maximum atomic E-state index is 12.7. The zero-order valence-electron chi connectivity index (χ0n) is 14.7. The van der Waals surface area contributed by atoms with Gasteiger partial charge in [-0.3, -0.25) is 9.59 Å². The van der Waals surface area contributed by atoms with Crippen molar-refractivity contribution in [2.75, 3.05) is 40.0 Å². The van der Waals surface area contributed by atoms with Crippen molar-refractivity contribution in [2.24, 2.45) is 0 Å². The Hall–Kier alpha value is -1.44. The van der Waals surface area contributed by atoms with Crippen molar-refractivity contribution < 1.29 is 19.1 Å². The number of likely N-dealkylation sites (tertiary alicyclic amines) is 1. The van der Waals surface area contributed by atoms with Crippen LogP contribution >= 0.6 is 11.3 Å². The zero-order valence-corrected chi connectivity index (χ0v) is 15.5. The highest BCUT2D eigenvalue weighted by Gasteiger charge is 2.31. The van der Waals surface area contributed by atoms with Crippen LogP contribution in [0.5, 0.6) is 0 Å². The number of methoxy groups -OCH3 is 1. The Balaban J connectivity index is 1.55. The molecule has 1 aromatic heterocycles. The molecule has 2 fully saturated rings. The number of rotatable bonds is 5. The van der Waals surface area contributed by atoms with E-state index in [1.54, 1.807) is 18.4 Å². The van der Waals surface area contributed by atoms with Gasteiger partial charge in [-0.2, -0.15) is 0 Å². The Morgan fingerprint density at radius 2 is 2.08 bits per heavy atom. The molecule has 3 rings (SSSR count). The molecule has 3 heterocycles. The fourth-order valence-electron chi connectivity index (χ4n) is 3.49. The number of piperidine rings is 1. The van der Waals surface area contributed by atoms with Crippen molar-refractivity contribution in [3.05, 3.63) is 22.4 Å². The third-order valence-corrected chi connectivity index (χ3v) is 5.87. The van der Waals surface area contributed by atoms with Gasteiger partial charge in [0, 0.05) is 38.0 Å². The summed E-state index contributed by atoms with van der Waals surface area (Å²) < 4.78 is 10.9. The topological polar surface area (TPSA) is 59.1 Å². The molecular formula is C18H26N2O4S. The van der Waals surface area contributed by atoms with E-state index in [4.69, 9.17) is 9.47 Å². The molecule has 0 spiro atoms. The highest BCUT2D eigenvalue weighted by atomic mass is 32.1. The number of hydrogen-bond acceptors (Lipinski definition) is 5. The maximum Gasteiger partial charge on any atom is 0.228 e. The standard InChI is InChI=1S/C18H26N2O4S/c1-23-15-4-6-19(7-5-15)17(21)11-14-13-24-9-8-20(14)18(22)12-16-3-2-10-25-16/h2-3,10,14-15H,4-9,11-13H2,1H3/t14-/m1/s1. The molecule has 6 nitrogen and oxygen atoms in total. The number of carbonyl (C=O) groups is 2. The summed E-state index contributed by atoms with van der Waals surface area (Å²) in [7, 11) is 1.72. The lowest BCUT2D eigenvalue weighted by molar-refractivity contribution is -0.144. The highest BCUT2D eigenvalue weighted by Crippen LogP contribution is 2.19. The Bertz CT molecular complexity index is 570.